The first kappa shape index (κ1) is 12.7. The summed E-state index contributed by atoms with van der Waals surface area (Å²) >= 11 is 14.5. The minimum atomic E-state index is 0.798. The number of rotatable bonds is 3. The van der Waals surface area contributed by atoms with Crippen molar-refractivity contribution in [3.63, 3.8) is 0 Å². The fourth-order valence-corrected chi connectivity index (χ4v) is 2.36. The van der Waals surface area contributed by atoms with E-state index in [0.29, 0.717) is 0 Å². The zero-order valence-electron chi connectivity index (χ0n) is 8.99. The molecule has 0 amide bonds. The monoisotopic (exact) mass is 324 g/mol. The highest BCUT2D eigenvalue weighted by Crippen LogP contribution is 2.23. The summed E-state index contributed by atoms with van der Waals surface area (Å²) in [6.45, 7) is 0. The lowest BCUT2D eigenvalue weighted by molar-refractivity contribution is 1.19. The molecule has 0 aliphatic heterocycles. The van der Waals surface area contributed by atoms with Crippen LogP contribution in [-0.2, 0) is 6.42 Å². The number of hydrogen-bond donors (Lipinski definition) is 0. The molecule has 2 aromatic carbocycles. The summed E-state index contributed by atoms with van der Waals surface area (Å²) in [5.41, 5.74) is 3.41. The standard InChI is InChI=1S/C14H10BrClS/c15-13-5-6-14(16)12(8-13)7-10-1-3-11(9-17)4-2-10/h1-6,8-9H,7H2. The van der Waals surface area contributed by atoms with Gasteiger partial charge in [0.05, 0.1) is 0 Å². The molecule has 2 aromatic rings. The Labute approximate surface area is 120 Å². The van der Waals surface area contributed by atoms with Crippen LogP contribution in [-0.4, -0.2) is 5.37 Å². The van der Waals surface area contributed by atoms with Crippen LogP contribution in [0.3, 0.4) is 0 Å². The molecule has 0 aliphatic rings. The Morgan fingerprint density at radius 3 is 2.47 bits per heavy atom. The third kappa shape index (κ3) is 3.38. The Hall–Kier alpha value is -0.700. The molecule has 0 nitrogen and oxygen atoms in total. The summed E-state index contributed by atoms with van der Waals surface area (Å²) < 4.78 is 1.05. The molecule has 0 fully saturated rings. The van der Waals surface area contributed by atoms with Gasteiger partial charge in [0.1, 0.15) is 0 Å². The molecular weight excluding hydrogens is 316 g/mol. The molecular formula is C14H10BrClS. The van der Waals surface area contributed by atoms with Gasteiger partial charge in [0.25, 0.3) is 0 Å². The second-order valence-corrected chi connectivity index (χ2v) is 5.33. The average Bonchev–Trinajstić information content (AvgIpc) is 2.35. The van der Waals surface area contributed by atoms with E-state index >= 15 is 0 Å². The largest absolute Gasteiger partial charge is 0.0881 e. The fourth-order valence-electron chi connectivity index (χ4n) is 1.61. The normalized spacial score (nSPS) is 10.2. The van der Waals surface area contributed by atoms with E-state index in [0.717, 1.165) is 27.0 Å². The summed E-state index contributed by atoms with van der Waals surface area (Å²) in [7, 11) is 0. The molecule has 86 valence electrons. The van der Waals surface area contributed by atoms with Gasteiger partial charge in [0.2, 0.25) is 0 Å². The zero-order valence-corrected chi connectivity index (χ0v) is 12.1. The molecule has 0 atom stereocenters. The molecule has 0 spiro atoms. The molecule has 3 heteroatoms. The van der Waals surface area contributed by atoms with Crippen LogP contribution in [0.1, 0.15) is 16.7 Å². The second-order valence-electron chi connectivity index (χ2n) is 3.77. The molecule has 0 bridgehead atoms. The van der Waals surface area contributed by atoms with Gasteiger partial charge in [-0.15, -0.1) is 0 Å². The zero-order chi connectivity index (χ0) is 12.3. The van der Waals surface area contributed by atoms with Crippen LogP contribution < -0.4 is 0 Å². The van der Waals surface area contributed by atoms with Crippen LogP contribution in [0.2, 0.25) is 5.02 Å². The lowest BCUT2D eigenvalue weighted by Crippen LogP contribution is -1.90. The van der Waals surface area contributed by atoms with Crippen molar-refractivity contribution < 1.29 is 0 Å². The molecule has 2 rings (SSSR count). The molecule has 0 saturated heterocycles. The Morgan fingerprint density at radius 1 is 1.12 bits per heavy atom. The summed E-state index contributed by atoms with van der Waals surface area (Å²) in [4.78, 5) is 0. The van der Waals surface area contributed by atoms with Gasteiger partial charge in [-0.1, -0.05) is 64.0 Å². The first-order valence-corrected chi connectivity index (χ1v) is 6.81. The van der Waals surface area contributed by atoms with Gasteiger partial charge >= 0.3 is 0 Å². The minimum Gasteiger partial charge on any atom is -0.0881 e. The van der Waals surface area contributed by atoms with Crippen LogP contribution in [0, 0.1) is 0 Å². The van der Waals surface area contributed by atoms with Crippen molar-refractivity contribution >= 4 is 45.1 Å². The molecule has 0 aliphatic carbocycles. The highest BCUT2D eigenvalue weighted by Gasteiger charge is 2.02. The van der Waals surface area contributed by atoms with Crippen LogP contribution in [0.5, 0.6) is 0 Å². The van der Waals surface area contributed by atoms with E-state index in [2.05, 4.69) is 34.1 Å². The van der Waals surface area contributed by atoms with Crippen LogP contribution >= 0.6 is 39.7 Å². The third-order valence-electron chi connectivity index (χ3n) is 2.52. The third-order valence-corrected chi connectivity index (χ3v) is 3.65. The first-order chi connectivity index (χ1) is 8.19. The van der Waals surface area contributed by atoms with Crippen molar-refractivity contribution in [2.75, 3.05) is 0 Å². The van der Waals surface area contributed by atoms with Crippen molar-refractivity contribution in [3.8, 4) is 0 Å². The predicted molar refractivity (Wildman–Crippen MR) is 81.2 cm³/mol. The van der Waals surface area contributed by atoms with Gasteiger partial charge in [0.15, 0.2) is 0 Å². The van der Waals surface area contributed by atoms with Crippen molar-refractivity contribution in [3.05, 3.63) is 68.7 Å². The molecule has 0 aromatic heterocycles. The molecule has 0 unspecified atom stereocenters. The van der Waals surface area contributed by atoms with Gasteiger partial charge in [-0.05, 0) is 41.3 Å². The summed E-state index contributed by atoms with van der Waals surface area (Å²) in [6, 6.07) is 14.1. The summed E-state index contributed by atoms with van der Waals surface area (Å²) in [5.74, 6) is 0. The van der Waals surface area contributed by atoms with Crippen LogP contribution in [0.25, 0.3) is 0 Å². The number of benzene rings is 2. The second kappa shape index (κ2) is 5.76. The summed E-state index contributed by atoms with van der Waals surface area (Å²) in [5, 5.41) is 2.47. The molecule has 0 radical (unpaired) electrons. The smallest absolute Gasteiger partial charge is 0.0442 e. The quantitative estimate of drug-likeness (QED) is 0.712. The SMILES string of the molecule is S=Cc1ccc(Cc2cc(Br)ccc2Cl)cc1. The highest BCUT2D eigenvalue weighted by atomic mass is 79.9. The minimum absolute atomic E-state index is 0.798. The molecule has 0 saturated carbocycles. The van der Waals surface area contributed by atoms with E-state index in [1.54, 1.807) is 5.37 Å². The predicted octanol–water partition coefficient (Wildman–Crippen LogP) is 5.04. The van der Waals surface area contributed by atoms with E-state index in [1.807, 2.05) is 24.3 Å². The number of hydrogen-bond acceptors (Lipinski definition) is 1. The Morgan fingerprint density at radius 2 is 1.82 bits per heavy atom. The summed E-state index contributed by atoms with van der Waals surface area (Å²) in [6.07, 6.45) is 0.829. The molecule has 17 heavy (non-hydrogen) atoms. The maximum atomic E-state index is 6.16. The lowest BCUT2D eigenvalue weighted by Gasteiger charge is -2.05. The van der Waals surface area contributed by atoms with E-state index in [4.69, 9.17) is 23.8 Å². The van der Waals surface area contributed by atoms with E-state index in [-0.39, 0.29) is 0 Å². The van der Waals surface area contributed by atoms with Crippen molar-refractivity contribution in [2.45, 2.75) is 6.42 Å². The molecule has 0 heterocycles. The fraction of sp³-hybridized carbons (Fsp3) is 0.0714. The van der Waals surface area contributed by atoms with Gasteiger partial charge in [-0.3, -0.25) is 0 Å². The molecule has 0 N–H and O–H groups in total. The van der Waals surface area contributed by atoms with Crippen molar-refractivity contribution in [1.29, 1.82) is 0 Å². The average molecular weight is 326 g/mol. The maximum absolute atomic E-state index is 6.16. The Balaban J connectivity index is 2.24. The van der Waals surface area contributed by atoms with Crippen LogP contribution in [0.4, 0.5) is 0 Å². The Bertz CT molecular complexity index is 534. The first-order valence-electron chi connectivity index (χ1n) is 5.17. The van der Waals surface area contributed by atoms with Crippen molar-refractivity contribution in [1.82, 2.24) is 0 Å². The lowest BCUT2D eigenvalue weighted by atomic mass is 10.0. The van der Waals surface area contributed by atoms with E-state index in [9.17, 15) is 0 Å². The van der Waals surface area contributed by atoms with Gasteiger partial charge in [0, 0.05) is 14.9 Å². The van der Waals surface area contributed by atoms with E-state index in [1.165, 1.54) is 5.56 Å². The topological polar surface area (TPSA) is 0 Å². The highest BCUT2D eigenvalue weighted by molar-refractivity contribution is 9.10. The maximum Gasteiger partial charge on any atom is 0.0442 e. The Kier molecular flexibility index (Phi) is 4.32. The van der Waals surface area contributed by atoms with Gasteiger partial charge in [-0.25, -0.2) is 0 Å². The van der Waals surface area contributed by atoms with Gasteiger partial charge in [-0.2, -0.15) is 0 Å². The number of thiocarbonyl (C=S) groups is 1. The van der Waals surface area contributed by atoms with Crippen molar-refractivity contribution in [2.24, 2.45) is 0 Å². The van der Waals surface area contributed by atoms with Gasteiger partial charge < -0.3 is 0 Å². The van der Waals surface area contributed by atoms with Crippen LogP contribution in [0.15, 0.2) is 46.9 Å². The number of halogens is 2. The van der Waals surface area contributed by atoms with E-state index < -0.39 is 0 Å².